The molecule has 5 rings (SSSR count). The molecule has 1 aliphatic heterocycles. The second-order valence-electron chi connectivity index (χ2n) is 8.89. The molecule has 1 fully saturated rings. The van der Waals surface area contributed by atoms with E-state index in [0.717, 1.165) is 62.4 Å². The van der Waals surface area contributed by atoms with Gasteiger partial charge in [-0.15, -0.1) is 0 Å². The highest BCUT2D eigenvalue weighted by atomic mass is 16.1. The van der Waals surface area contributed by atoms with Crippen LogP contribution in [0.2, 0.25) is 0 Å². The summed E-state index contributed by atoms with van der Waals surface area (Å²) in [5.74, 6) is -0.0489. The molecule has 3 aromatic rings. The van der Waals surface area contributed by atoms with Gasteiger partial charge in [0.05, 0.1) is 5.69 Å². The third kappa shape index (κ3) is 3.91. The van der Waals surface area contributed by atoms with Crippen molar-refractivity contribution in [1.82, 2.24) is 20.4 Å². The van der Waals surface area contributed by atoms with Gasteiger partial charge in [0, 0.05) is 56.1 Å². The number of anilines is 1. The molecule has 1 aromatic heterocycles. The molecule has 0 atom stereocenters. The van der Waals surface area contributed by atoms with Gasteiger partial charge in [-0.1, -0.05) is 36.4 Å². The lowest BCUT2D eigenvalue weighted by Crippen LogP contribution is -2.48. The lowest BCUT2D eigenvalue weighted by atomic mass is 9.89. The highest BCUT2D eigenvalue weighted by molar-refractivity contribution is 5.96. The monoisotopic (exact) mass is 429 g/mol. The number of aromatic amines is 1. The number of nitrogens with one attached hydrogen (secondary N) is 2. The van der Waals surface area contributed by atoms with Crippen LogP contribution >= 0.6 is 0 Å². The largest absolute Gasteiger partial charge is 0.369 e. The van der Waals surface area contributed by atoms with Crippen LogP contribution in [0.15, 0.2) is 42.5 Å². The van der Waals surface area contributed by atoms with Crippen molar-refractivity contribution in [3.8, 4) is 11.3 Å². The van der Waals surface area contributed by atoms with Crippen LogP contribution in [0.1, 0.15) is 32.7 Å². The average molecular weight is 430 g/mol. The van der Waals surface area contributed by atoms with Gasteiger partial charge in [0.2, 0.25) is 0 Å². The summed E-state index contributed by atoms with van der Waals surface area (Å²) in [5, 5.41) is 10.6. The van der Waals surface area contributed by atoms with Gasteiger partial charge in [0.15, 0.2) is 0 Å². The van der Waals surface area contributed by atoms with Crippen LogP contribution in [0.25, 0.3) is 11.3 Å². The number of amides is 1. The number of aryl methyl sites for hydroxylation is 2. The van der Waals surface area contributed by atoms with Gasteiger partial charge in [-0.25, -0.2) is 0 Å². The molecule has 166 valence electrons. The number of piperazine rings is 1. The quantitative estimate of drug-likeness (QED) is 0.653. The van der Waals surface area contributed by atoms with E-state index in [4.69, 9.17) is 0 Å². The lowest BCUT2D eigenvalue weighted by molar-refractivity contribution is 0.0942. The summed E-state index contributed by atoms with van der Waals surface area (Å²) in [7, 11) is 0. The van der Waals surface area contributed by atoms with Crippen LogP contribution in [0.3, 0.4) is 0 Å². The van der Waals surface area contributed by atoms with Crippen LogP contribution in [0.5, 0.6) is 0 Å². The van der Waals surface area contributed by atoms with E-state index in [-0.39, 0.29) is 5.91 Å². The molecular weight excluding hydrogens is 398 g/mol. The summed E-state index contributed by atoms with van der Waals surface area (Å²) in [4.78, 5) is 17.7. The van der Waals surface area contributed by atoms with Crippen molar-refractivity contribution in [3.63, 3.8) is 0 Å². The molecule has 0 radical (unpaired) electrons. The summed E-state index contributed by atoms with van der Waals surface area (Å²) < 4.78 is 0. The molecule has 0 saturated carbocycles. The van der Waals surface area contributed by atoms with E-state index in [1.807, 2.05) is 6.07 Å². The minimum Gasteiger partial charge on any atom is -0.369 e. The van der Waals surface area contributed by atoms with Crippen molar-refractivity contribution in [2.45, 2.75) is 26.7 Å². The van der Waals surface area contributed by atoms with E-state index in [0.29, 0.717) is 12.2 Å². The predicted molar refractivity (Wildman–Crippen MR) is 128 cm³/mol. The number of fused-ring (bicyclic) bond motifs is 3. The third-order valence-corrected chi connectivity index (χ3v) is 7.01. The number of aromatic nitrogens is 2. The number of carbonyl (C=O) groups excluding carboxylic acids is 1. The minimum atomic E-state index is -0.0489. The Morgan fingerprint density at radius 1 is 1.03 bits per heavy atom. The lowest BCUT2D eigenvalue weighted by Gasteiger charge is -2.37. The first kappa shape index (κ1) is 20.8. The molecular formula is C26H31N5O. The molecule has 0 bridgehead atoms. The molecule has 6 heteroatoms. The zero-order valence-corrected chi connectivity index (χ0v) is 18.9. The molecule has 0 spiro atoms. The van der Waals surface area contributed by atoms with Crippen molar-refractivity contribution >= 4 is 11.6 Å². The van der Waals surface area contributed by atoms with Gasteiger partial charge >= 0.3 is 0 Å². The summed E-state index contributed by atoms with van der Waals surface area (Å²) in [6.07, 6.45) is 1.81. The highest BCUT2D eigenvalue weighted by Crippen LogP contribution is 2.33. The Morgan fingerprint density at radius 3 is 2.69 bits per heavy atom. The first-order valence-electron chi connectivity index (χ1n) is 11.6. The minimum absolute atomic E-state index is 0.0489. The zero-order valence-electron chi connectivity index (χ0n) is 18.9. The highest BCUT2D eigenvalue weighted by Gasteiger charge is 2.25. The number of benzene rings is 2. The Hall–Kier alpha value is -3.12. The van der Waals surface area contributed by atoms with Gasteiger partial charge in [0.25, 0.3) is 5.91 Å². The van der Waals surface area contributed by atoms with Crippen LogP contribution in [-0.2, 0) is 12.8 Å². The summed E-state index contributed by atoms with van der Waals surface area (Å²) in [5.41, 5.74) is 9.11. The number of rotatable bonds is 5. The fourth-order valence-electron chi connectivity index (χ4n) is 4.95. The van der Waals surface area contributed by atoms with Crippen molar-refractivity contribution in [2.24, 2.45) is 0 Å². The molecule has 2 heterocycles. The van der Waals surface area contributed by atoms with E-state index in [1.165, 1.54) is 22.4 Å². The first-order valence-corrected chi connectivity index (χ1v) is 11.6. The van der Waals surface area contributed by atoms with Crippen LogP contribution < -0.4 is 10.2 Å². The maximum atomic E-state index is 12.8. The number of H-pyrrole nitrogens is 1. The smallest absolute Gasteiger partial charge is 0.269 e. The number of hydrogen-bond donors (Lipinski definition) is 2. The van der Waals surface area contributed by atoms with Gasteiger partial charge in [0.1, 0.15) is 5.69 Å². The van der Waals surface area contributed by atoms with Crippen molar-refractivity contribution in [2.75, 3.05) is 44.2 Å². The number of carbonyl (C=O) groups is 1. The molecule has 2 aliphatic rings. The zero-order chi connectivity index (χ0) is 22.1. The van der Waals surface area contributed by atoms with E-state index in [2.05, 4.69) is 75.6 Å². The Balaban J connectivity index is 1.14. The number of nitrogens with zero attached hydrogens (tertiary/aromatic N) is 3. The second-order valence-corrected chi connectivity index (χ2v) is 8.89. The van der Waals surface area contributed by atoms with Crippen molar-refractivity contribution in [1.29, 1.82) is 0 Å². The summed E-state index contributed by atoms with van der Waals surface area (Å²) in [6.45, 7) is 9.96. The van der Waals surface area contributed by atoms with Gasteiger partial charge in [-0.05, 0) is 49.4 Å². The van der Waals surface area contributed by atoms with Crippen LogP contribution in [-0.4, -0.2) is 60.3 Å². The first-order chi connectivity index (χ1) is 15.6. The van der Waals surface area contributed by atoms with Gasteiger partial charge < -0.3 is 10.2 Å². The molecule has 0 unspecified atom stereocenters. The molecule has 2 N–H and O–H groups in total. The molecule has 1 amide bonds. The van der Waals surface area contributed by atoms with Crippen molar-refractivity contribution < 1.29 is 4.79 Å². The SMILES string of the molecule is Cc1cccc(N2CCN(CCNC(=O)c3[nH]nc4c3CCc3ccccc3-4)CC2)c1C. The van der Waals surface area contributed by atoms with E-state index in [9.17, 15) is 4.79 Å². The summed E-state index contributed by atoms with van der Waals surface area (Å²) in [6, 6.07) is 14.9. The average Bonchev–Trinajstić information content (AvgIpc) is 3.26. The van der Waals surface area contributed by atoms with E-state index < -0.39 is 0 Å². The standard InChI is InChI=1S/C26H31N5O/c1-18-6-5-9-23(19(18)2)31-16-14-30(15-17-31)13-12-27-26(32)25-22-11-10-20-7-3-4-8-21(20)24(22)28-29-25/h3-9H,10-17H2,1-2H3,(H,27,32)(H,28,29). The molecule has 32 heavy (non-hydrogen) atoms. The Morgan fingerprint density at radius 2 is 1.84 bits per heavy atom. The van der Waals surface area contributed by atoms with Crippen LogP contribution in [0, 0.1) is 13.8 Å². The summed E-state index contributed by atoms with van der Waals surface area (Å²) >= 11 is 0. The van der Waals surface area contributed by atoms with Gasteiger partial charge in [-0.2, -0.15) is 5.10 Å². The van der Waals surface area contributed by atoms with Crippen LogP contribution in [0.4, 0.5) is 5.69 Å². The fraction of sp³-hybridized carbons (Fsp3) is 0.385. The molecule has 1 saturated heterocycles. The maximum Gasteiger partial charge on any atom is 0.269 e. The van der Waals surface area contributed by atoms with Crippen molar-refractivity contribution in [3.05, 3.63) is 70.4 Å². The number of hydrogen-bond acceptors (Lipinski definition) is 4. The fourth-order valence-corrected chi connectivity index (χ4v) is 4.95. The Labute approximate surface area is 189 Å². The predicted octanol–water partition coefficient (Wildman–Crippen LogP) is 3.34. The Bertz CT molecular complexity index is 1130. The van der Waals surface area contributed by atoms with E-state index in [1.54, 1.807) is 0 Å². The maximum absolute atomic E-state index is 12.8. The molecule has 6 nitrogen and oxygen atoms in total. The topological polar surface area (TPSA) is 64.3 Å². The Kier molecular flexibility index (Phi) is 5.70. The molecule has 1 aliphatic carbocycles. The third-order valence-electron chi connectivity index (χ3n) is 7.01. The molecule has 2 aromatic carbocycles. The van der Waals surface area contributed by atoms with Gasteiger partial charge in [-0.3, -0.25) is 14.8 Å². The second kappa shape index (κ2) is 8.79. The normalized spacial score (nSPS) is 15.9. The van der Waals surface area contributed by atoms with E-state index >= 15 is 0 Å².